The first-order chi connectivity index (χ1) is 7.42. The van der Waals surface area contributed by atoms with E-state index in [1.807, 2.05) is 0 Å². The Hall–Kier alpha value is -0.160. The van der Waals surface area contributed by atoms with E-state index < -0.39 is 0 Å². The second kappa shape index (κ2) is 5.80. The smallest absolute Gasteiger partial charge is 0.192 e. The minimum atomic E-state index is -0.0793. The van der Waals surface area contributed by atoms with Crippen LogP contribution in [0.4, 0.5) is 0 Å². The Morgan fingerprint density at radius 2 is 1.67 bits per heavy atom. The Bertz CT molecular complexity index is 185. The van der Waals surface area contributed by atoms with Gasteiger partial charge in [0.2, 0.25) is 0 Å². The molecule has 3 unspecified atom stereocenters. The van der Waals surface area contributed by atoms with Crippen molar-refractivity contribution in [3.05, 3.63) is 0 Å². The normalized spacial score (nSPS) is 32.2. The number of hydrogen-bond acceptors (Lipinski definition) is 4. The van der Waals surface area contributed by atoms with Crippen molar-refractivity contribution in [3.63, 3.8) is 0 Å². The van der Waals surface area contributed by atoms with Crippen molar-refractivity contribution in [3.8, 4) is 0 Å². The molecule has 15 heavy (non-hydrogen) atoms. The first-order valence-electron chi connectivity index (χ1n) is 5.95. The first-order valence-corrected chi connectivity index (χ1v) is 5.95. The lowest BCUT2D eigenvalue weighted by Crippen LogP contribution is -2.36. The summed E-state index contributed by atoms with van der Waals surface area (Å²) in [7, 11) is 0. The summed E-state index contributed by atoms with van der Waals surface area (Å²) in [5.74, 6) is 0. The third kappa shape index (κ3) is 3.41. The lowest BCUT2D eigenvalue weighted by atomic mass is 10.1. The molecule has 0 radical (unpaired) electrons. The number of fused-ring (bicyclic) bond motifs is 1. The molecule has 0 aromatic heterocycles. The highest BCUT2D eigenvalue weighted by atomic mass is 16.9. The second-order valence-corrected chi connectivity index (χ2v) is 4.19. The van der Waals surface area contributed by atoms with Crippen LogP contribution in [0.5, 0.6) is 0 Å². The van der Waals surface area contributed by atoms with Crippen LogP contribution in [0.2, 0.25) is 0 Å². The predicted octanol–water partition coefficient (Wildman–Crippen LogP) is 1.42. The van der Waals surface area contributed by atoms with E-state index in [2.05, 4.69) is 0 Å². The van der Waals surface area contributed by atoms with Crippen LogP contribution < -0.4 is 0 Å². The maximum absolute atomic E-state index is 8.58. The molecule has 2 heterocycles. The van der Waals surface area contributed by atoms with Gasteiger partial charge in [0.15, 0.2) is 18.7 Å². The quantitative estimate of drug-likeness (QED) is 0.468. The van der Waals surface area contributed by atoms with Gasteiger partial charge in [0.25, 0.3) is 0 Å². The number of aliphatic hydroxyl groups excluding tert-OH is 1. The molecule has 4 nitrogen and oxygen atoms in total. The van der Waals surface area contributed by atoms with Gasteiger partial charge in [0, 0.05) is 13.2 Å². The molecule has 2 rings (SSSR count). The summed E-state index contributed by atoms with van der Waals surface area (Å²) in [6.45, 7) is 1.10. The Morgan fingerprint density at radius 1 is 0.933 bits per heavy atom. The van der Waals surface area contributed by atoms with Crippen LogP contribution in [-0.4, -0.2) is 37.0 Å². The summed E-state index contributed by atoms with van der Waals surface area (Å²) >= 11 is 0. The predicted molar refractivity (Wildman–Crippen MR) is 54.3 cm³/mol. The number of unbranched alkanes of at least 4 members (excludes halogenated alkanes) is 5. The number of epoxide rings is 1. The van der Waals surface area contributed by atoms with Gasteiger partial charge in [0.05, 0.1) is 0 Å². The summed E-state index contributed by atoms with van der Waals surface area (Å²) in [5, 5.41) is 8.58. The minimum absolute atomic E-state index is 0.0634. The molecule has 2 fully saturated rings. The molecule has 0 aromatic rings. The number of aliphatic hydroxyl groups is 1. The molecule has 2 aliphatic rings. The van der Waals surface area contributed by atoms with Gasteiger partial charge >= 0.3 is 0 Å². The van der Waals surface area contributed by atoms with Gasteiger partial charge in [-0.3, -0.25) is 0 Å². The van der Waals surface area contributed by atoms with Crippen molar-refractivity contribution in [2.45, 2.75) is 57.2 Å². The molecule has 0 bridgehead atoms. The van der Waals surface area contributed by atoms with E-state index in [9.17, 15) is 0 Å². The van der Waals surface area contributed by atoms with E-state index in [0.717, 1.165) is 25.9 Å². The Labute approximate surface area is 90.5 Å². The zero-order valence-corrected chi connectivity index (χ0v) is 9.06. The fraction of sp³-hybridized carbons (Fsp3) is 1.00. The van der Waals surface area contributed by atoms with Gasteiger partial charge in [-0.1, -0.05) is 25.7 Å². The minimum Gasteiger partial charge on any atom is -0.396 e. The lowest BCUT2D eigenvalue weighted by Gasteiger charge is -2.20. The molecular formula is C11H20O4. The highest BCUT2D eigenvalue weighted by molar-refractivity contribution is 4.90. The third-order valence-corrected chi connectivity index (χ3v) is 2.85. The van der Waals surface area contributed by atoms with E-state index in [4.69, 9.17) is 19.3 Å². The van der Waals surface area contributed by atoms with E-state index in [0.29, 0.717) is 6.61 Å². The van der Waals surface area contributed by atoms with Gasteiger partial charge in [0.1, 0.15) is 0 Å². The standard InChI is InChI=1S/C11H20O4/c12-7-5-3-1-2-4-6-8-13-10-9-11(14-9)15-10/h9-12H,1-8H2. The fourth-order valence-corrected chi connectivity index (χ4v) is 1.79. The largest absolute Gasteiger partial charge is 0.396 e. The molecule has 0 saturated carbocycles. The summed E-state index contributed by atoms with van der Waals surface area (Å²) in [6.07, 6.45) is 7.05. The molecule has 0 amide bonds. The fourth-order valence-electron chi connectivity index (χ4n) is 1.79. The highest BCUT2D eigenvalue weighted by Crippen LogP contribution is 2.40. The molecule has 0 spiro atoms. The van der Waals surface area contributed by atoms with Crippen molar-refractivity contribution in [1.29, 1.82) is 0 Å². The van der Waals surface area contributed by atoms with Gasteiger partial charge in [-0.15, -0.1) is 0 Å². The molecule has 0 aromatic carbocycles. The maximum atomic E-state index is 8.58. The average molecular weight is 216 g/mol. The van der Waals surface area contributed by atoms with E-state index in [-0.39, 0.29) is 18.7 Å². The van der Waals surface area contributed by atoms with Crippen LogP contribution in [0.25, 0.3) is 0 Å². The van der Waals surface area contributed by atoms with E-state index in [1.54, 1.807) is 0 Å². The third-order valence-electron chi connectivity index (χ3n) is 2.85. The zero-order chi connectivity index (χ0) is 10.5. The molecular weight excluding hydrogens is 196 g/mol. The van der Waals surface area contributed by atoms with Gasteiger partial charge in [-0.2, -0.15) is 0 Å². The maximum Gasteiger partial charge on any atom is 0.192 e. The molecule has 2 aliphatic heterocycles. The lowest BCUT2D eigenvalue weighted by molar-refractivity contribution is -0.202. The number of rotatable bonds is 9. The molecule has 1 N–H and O–H groups in total. The summed E-state index contributed by atoms with van der Waals surface area (Å²) in [6, 6.07) is 0. The van der Waals surface area contributed by atoms with E-state index >= 15 is 0 Å². The van der Waals surface area contributed by atoms with Gasteiger partial charge in [-0.25, -0.2) is 0 Å². The second-order valence-electron chi connectivity index (χ2n) is 4.19. The monoisotopic (exact) mass is 216 g/mol. The van der Waals surface area contributed by atoms with Gasteiger partial charge < -0.3 is 19.3 Å². The Kier molecular flexibility index (Phi) is 4.38. The van der Waals surface area contributed by atoms with Crippen molar-refractivity contribution in [2.24, 2.45) is 0 Å². The average Bonchev–Trinajstić information content (AvgIpc) is 2.87. The van der Waals surface area contributed by atoms with Crippen molar-refractivity contribution in [2.75, 3.05) is 13.2 Å². The van der Waals surface area contributed by atoms with Crippen molar-refractivity contribution >= 4 is 0 Å². The summed E-state index contributed by atoms with van der Waals surface area (Å²) in [5.41, 5.74) is 0. The van der Waals surface area contributed by atoms with Crippen LogP contribution in [0.15, 0.2) is 0 Å². The highest BCUT2D eigenvalue weighted by Gasteiger charge is 2.59. The first kappa shape index (κ1) is 11.3. The summed E-state index contributed by atoms with van der Waals surface area (Å²) in [4.78, 5) is 0. The van der Waals surface area contributed by atoms with E-state index in [1.165, 1.54) is 19.3 Å². The van der Waals surface area contributed by atoms with Crippen LogP contribution in [0, 0.1) is 0 Å². The van der Waals surface area contributed by atoms with Crippen molar-refractivity contribution < 1.29 is 19.3 Å². The molecule has 4 heteroatoms. The zero-order valence-electron chi connectivity index (χ0n) is 9.06. The number of hydrogen-bond donors (Lipinski definition) is 1. The molecule has 3 atom stereocenters. The molecule has 88 valence electrons. The van der Waals surface area contributed by atoms with Crippen LogP contribution in [0.1, 0.15) is 38.5 Å². The summed E-state index contributed by atoms with van der Waals surface area (Å²) < 4.78 is 15.8. The SMILES string of the molecule is OCCCCCCCCOC1OC2OC12. The van der Waals surface area contributed by atoms with Crippen LogP contribution in [0.3, 0.4) is 0 Å². The topological polar surface area (TPSA) is 51.2 Å². The van der Waals surface area contributed by atoms with Crippen LogP contribution >= 0.6 is 0 Å². The van der Waals surface area contributed by atoms with Crippen molar-refractivity contribution in [1.82, 2.24) is 0 Å². The molecule has 2 saturated heterocycles. The Balaban J connectivity index is 1.30. The van der Waals surface area contributed by atoms with Gasteiger partial charge in [-0.05, 0) is 12.8 Å². The number of ether oxygens (including phenoxy) is 3. The molecule has 0 aliphatic carbocycles. The van der Waals surface area contributed by atoms with Crippen LogP contribution in [-0.2, 0) is 14.2 Å². The Morgan fingerprint density at radius 3 is 2.27 bits per heavy atom.